The number of fused-ring (bicyclic) bond motifs is 2. The predicted molar refractivity (Wildman–Crippen MR) is 171 cm³/mol. The van der Waals surface area contributed by atoms with Crippen molar-refractivity contribution in [2.45, 2.75) is 76.8 Å². The van der Waals surface area contributed by atoms with Crippen molar-refractivity contribution >= 4 is 28.3 Å². The number of ether oxygens (including phenoxy) is 2. The van der Waals surface area contributed by atoms with E-state index in [2.05, 4.69) is 27.4 Å². The van der Waals surface area contributed by atoms with Gasteiger partial charge in [0.15, 0.2) is 17.5 Å². The zero-order valence-electron chi connectivity index (χ0n) is 25.9. The second-order valence-electron chi connectivity index (χ2n) is 13.0. The molecule has 2 aromatic heterocycles. The van der Waals surface area contributed by atoms with E-state index in [0.717, 1.165) is 49.9 Å². The SMILES string of the molecule is CCOC(OCC)C12CC(c3ccc(-c4cc(F)c5c(c4)C(=O)N([C@@H](C(=O)Nc4nccs4)c4ncn6c4CCC6)C5)cc3)(C1)C2. The molecule has 238 valence electrons. The van der Waals surface area contributed by atoms with Crippen LogP contribution < -0.4 is 5.32 Å². The Morgan fingerprint density at radius 2 is 1.85 bits per heavy atom. The maximum atomic E-state index is 15.8. The number of hydrogen-bond acceptors (Lipinski definition) is 7. The van der Waals surface area contributed by atoms with Gasteiger partial charge in [0.05, 0.1) is 18.6 Å². The van der Waals surface area contributed by atoms with Gasteiger partial charge in [0.25, 0.3) is 11.8 Å². The maximum absolute atomic E-state index is 15.8. The zero-order chi connectivity index (χ0) is 31.6. The highest BCUT2D eigenvalue weighted by Gasteiger charge is 2.71. The lowest BCUT2D eigenvalue weighted by atomic mass is 9.33. The molecule has 3 saturated carbocycles. The highest BCUT2D eigenvalue weighted by molar-refractivity contribution is 7.13. The second-order valence-corrected chi connectivity index (χ2v) is 13.9. The van der Waals surface area contributed by atoms with Crippen LogP contribution in [0.4, 0.5) is 9.52 Å². The van der Waals surface area contributed by atoms with Crippen molar-refractivity contribution < 1.29 is 23.5 Å². The molecule has 4 heterocycles. The molecule has 11 heteroatoms. The van der Waals surface area contributed by atoms with Gasteiger partial charge in [-0.25, -0.2) is 14.4 Å². The molecular formula is C35H36FN5O4S. The normalized spacial score (nSPS) is 23.2. The molecule has 1 atom stereocenters. The minimum absolute atomic E-state index is 0.0176. The number of nitrogens with zero attached hydrogens (tertiary/aromatic N) is 4. The number of benzene rings is 2. The third kappa shape index (κ3) is 4.54. The summed E-state index contributed by atoms with van der Waals surface area (Å²) < 4.78 is 29.6. The first-order valence-electron chi connectivity index (χ1n) is 16.1. The Kier molecular flexibility index (Phi) is 7.11. The third-order valence-electron chi connectivity index (χ3n) is 10.3. The summed E-state index contributed by atoms with van der Waals surface area (Å²) in [5.41, 5.74) is 5.04. The van der Waals surface area contributed by atoms with Crippen molar-refractivity contribution in [3.05, 3.63) is 88.2 Å². The Bertz CT molecular complexity index is 1800. The molecule has 2 aliphatic heterocycles. The van der Waals surface area contributed by atoms with Gasteiger partial charge in [-0.15, -0.1) is 11.3 Å². The summed E-state index contributed by atoms with van der Waals surface area (Å²) in [6.45, 7) is 6.08. The summed E-state index contributed by atoms with van der Waals surface area (Å²) in [6, 6.07) is 10.5. The molecule has 2 aromatic carbocycles. The minimum Gasteiger partial charge on any atom is -0.352 e. The molecule has 3 aliphatic carbocycles. The highest BCUT2D eigenvalue weighted by Crippen LogP contribution is 2.75. The molecule has 46 heavy (non-hydrogen) atoms. The molecule has 0 saturated heterocycles. The van der Waals surface area contributed by atoms with Gasteiger partial charge in [-0.2, -0.15) is 0 Å². The van der Waals surface area contributed by atoms with Gasteiger partial charge in [0, 0.05) is 53.6 Å². The quantitative estimate of drug-likeness (QED) is 0.195. The number of imidazole rings is 1. The fraction of sp³-hybridized carbons (Fsp3) is 0.429. The number of aryl methyl sites for hydroxylation is 1. The van der Waals surface area contributed by atoms with Crippen molar-refractivity contribution in [2.24, 2.45) is 5.41 Å². The molecule has 4 aromatic rings. The molecule has 2 bridgehead atoms. The monoisotopic (exact) mass is 641 g/mol. The number of hydrogen-bond donors (Lipinski definition) is 1. The smallest absolute Gasteiger partial charge is 0.255 e. The van der Waals surface area contributed by atoms with Crippen LogP contribution >= 0.6 is 11.3 Å². The van der Waals surface area contributed by atoms with Crippen molar-refractivity contribution in [2.75, 3.05) is 18.5 Å². The molecule has 0 unspecified atom stereocenters. The number of thiazole rings is 1. The van der Waals surface area contributed by atoms with Crippen molar-refractivity contribution in [3.63, 3.8) is 0 Å². The van der Waals surface area contributed by atoms with Gasteiger partial charge in [-0.1, -0.05) is 24.3 Å². The fourth-order valence-electron chi connectivity index (χ4n) is 8.31. The Morgan fingerprint density at radius 3 is 2.54 bits per heavy atom. The zero-order valence-corrected chi connectivity index (χ0v) is 26.7. The summed E-state index contributed by atoms with van der Waals surface area (Å²) in [6.07, 6.45) is 8.01. The number of rotatable bonds is 11. The van der Waals surface area contributed by atoms with E-state index in [0.29, 0.717) is 35.2 Å². The van der Waals surface area contributed by atoms with Crippen LogP contribution in [0.25, 0.3) is 11.1 Å². The molecule has 2 amide bonds. The summed E-state index contributed by atoms with van der Waals surface area (Å²) in [4.78, 5) is 37.9. The predicted octanol–water partition coefficient (Wildman–Crippen LogP) is 6.25. The van der Waals surface area contributed by atoms with Crippen LogP contribution in [-0.2, 0) is 39.2 Å². The number of aromatic nitrogens is 3. The summed E-state index contributed by atoms with van der Waals surface area (Å²) in [7, 11) is 0. The van der Waals surface area contributed by atoms with Crippen molar-refractivity contribution in [1.29, 1.82) is 0 Å². The van der Waals surface area contributed by atoms with Crippen LogP contribution in [0.5, 0.6) is 0 Å². The van der Waals surface area contributed by atoms with Crippen LogP contribution in [0.3, 0.4) is 0 Å². The Labute approximate surface area is 270 Å². The van der Waals surface area contributed by atoms with E-state index in [1.54, 1.807) is 24.0 Å². The average Bonchev–Trinajstić information content (AvgIpc) is 3.81. The summed E-state index contributed by atoms with van der Waals surface area (Å²) in [5, 5.41) is 5.05. The first-order chi connectivity index (χ1) is 22.3. The lowest BCUT2D eigenvalue weighted by molar-refractivity contribution is -0.306. The Balaban J connectivity index is 1.04. The number of anilines is 1. The number of halogens is 1. The molecule has 0 radical (unpaired) electrons. The van der Waals surface area contributed by atoms with Gasteiger partial charge in [-0.05, 0) is 80.2 Å². The first kappa shape index (κ1) is 29.5. The van der Waals surface area contributed by atoms with Crippen molar-refractivity contribution in [3.8, 4) is 11.1 Å². The fourth-order valence-corrected chi connectivity index (χ4v) is 8.84. The van der Waals surface area contributed by atoms with Crippen molar-refractivity contribution in [1.82, 2.24) is 19.4 Å². The second kappa shape index (κ2) is 11.1. The van der Waals surface area contributed by atoms with E-state index in [9.17, 15) is 9.59 Å². The molecular weight excluding hydrogens is 605 g/mol. The van der Waals surface area contributed by atoms with Gasteiger partial charge in [-0.3, -0.25) is 14.9 Å². The van der Waals surface area contributed by atoms with Gasteiger partial charge in [0.1, 0.15) is 5.82 Å². The van der Waals surface area contributed by atoms with Gasteiger partial charge in [0.2, 0.25) is 0 Å². The molecule has 3 fully saturated rings. The first-order valence-corrected chi connectivity index (χ1v) is 16.9. The van der Waals surface area contributed by atoms with E-state index in [1.807, 2.05) is 30.5 Å². The largest absolute Gasteiger partial charge is 0.352 e. The van der Waals surface area contributed by atoms with E-state index in [-0.39, 0.29) is 35.1 Å². The standard InChI is InChI=1S/C35H36FN5O4S/c1-3-44-32(45-4-2)35-17-34(18-35,19-35)23-9-7-21(8-10-23)22-14-24-25(26(36)15-22)16-41(31(24)43)29(30(42)39-33-37-11-13-46-33)28-27-6-5-12-40(27)20-38-28/h7-11,13-15,20,29,32H,3-6,12,16-19H2,1-2H3,(H,37,39,42)/t29-,34?,35?/m1/s1. The summed E-state index contributed by atoms with van der Waals surface area (Å²) >= 11 is 1.30. The van der Waals surface area contributed by atoms with Gasteiger partial charge >= 0.3 is 0 Å². The molecule has 5 aliphatic rings. The minimum atomic E-state index is -1.01. The number of amides is 2. The molecule has 9 nitrogen and oxygen atoms in total. The lowest BCUT2D eigenvalue weighted by Crippen LogP contribution is -2.70. The highest BCUT2D eigenvalue weighted by atomic mass is 32.1. The Hall–Kier alpha value is -3.93. The van der Waals surface area contributed by atoms with Gasteiger partial charge < -0.3 is 18.9 Å². The molecule has 9 rings (SSSR count). The van der Waals surface area contributed by atoms with Crippen LogP contribution in [0, 0.1) is 11.2 Å². The molecule has 0 spiro atoms. The number of carbonyl (C=O) groups is 2. The Morgan fingerprint density at radius 1 is 1.09 bits per heavy atom. The van der Waals surface area contributed by atoms with E-state index in [1.165, 1.54) is 27.9 Å². The lowest BCUT2D eigenvalue weighted by Gasteiger charge is -2.72. The maximum Gasteiger partial charge on any atom is 0.255 e. The van der Waals surface area contributed by atoms with Crippen LogP contribution in [-0.4, -0.2) is 50.8 Å². The van der Waals surface area contributed by atoms with E-state index in [4.69, 9.17) is 9.47 Å². The van der Waals surface area contributed by atoms with Crippen LogP contribution in [0.15, 0.2) is 54.3 Å². The third-order valence-corrected chi connectivity index (χ3v) is 11.0. The topological polar surface area (TPSA) is 98.6 Å². The molecule has 1 N–H and O–H groups in total. The summed E-state index contributed by atoms with van der Waals surface area (Å²) in [5.74, 6) is -1.26. The van der Waals surface area contributed by atoms with Crippen LogP contribution in [0.2, 0.25) is 0 Å². The van der Waals surface area contributed by atoms with E-state index < -0.39 is 17.8 Å². The number of nitrogens with one attached hydrogen (secondary N) is 1. The van der Waals surface area contributed by atoms with Crippen LogP contribution in [0.1, 0.15) is 78.4 Å². The average molecular weight is 642 g/mol. The number of carbonyl (C=O) groups excluding carboxylic acids is 2. The van der Waals surface area contributed by atoms with E-state index >= 15 is 4.39 Å².